The van der Waals surface area contributed by atoms with Gasteiger partial charge in [-0.1, -0.05) is 55.4 Å². The fourth-order valence-corrected chi connectivity index (χ4v) is 8.29. The molecule has 0 bridgehead atoms. The van der Waals surface area contributed by atoms with Crippen LogP contribution >= 0.6 is 0 Å². The van der Waals surface area contributed by atoms with Crippen molar-refractivity contribution in [2.24, 2.45) is 47.3 Å². The lowest BCUT2D eigenvalue weighted by atomic mass is 9.83. The van der Waals surface area contributed by atoms with Crippen LogP contribution in [0, 0.1) is 47.3 Å². The van der Waals surface area contributed by atoms with Gasteiger partial charge in [0.2, 0.25) is 12.6 Å². The Morgan fingerprint density at radius 3 is 1.04 bits per heavy atom. The number of rotatable bonds is 12. The minimum atomic E-state index is -0.807. The van der Waals surface area contributed by atoms with E-state index >= 15 is 0 Å². The van der Waals surface area contributed by atoms with E-state index in [1.165, 1.54) is 41.5 Å². The van der Waals surface area contributed by atoms with E-state index in [1.54, 1.807) is 0 Å². The molecule has 4 fully saturated rings. The molecule has 0 saturated carbocycles. The molecule has 0 N–H and O–H groups in total. The SMILES string of the molecule is CC(=O)OCC1O[C@H](OC(C)=O)C(C)[C@@H](C)[C@@H]1O[C@@H]1OC(C)[C@@H](C)[C@@H](OC(C)=O)C1C.CC(=O)OCC1O[C@H](OC(C)=O)C(C)[C@@H](C)[C@@H]1O[C@@H]1OC(C)[C@@H](C)[C@H](C)C1OC(C)=O.O=C=O.O=C=O. The maximum absolute atomic E-state index is 11.7. The highest BCUT2D eigenvalue weighted by Gasteiger charge is 2.51. The maximum atomic E-state index is 11.7. The zero-order valence-electron chi connectivity index (χ0n) is 41.9. The highest BCUT2D eigenvalue weighted by atomic mass is 16.8. The van der Waals surface area contributed by atoms with Gasteiger partial charge in [-0.25, -0.2) is 0 Å². The van der Waals surface area contributed by atoms with E-state index in [1.807, 2.05) is 69.2 Å². The maximum Gasteiger partial charge on any atom is 0.373 e. The van der Waals surface area contributed by atoms with Crippen molar-refractivity contribution in [3.63, 3.8) is 0 Å². The zero-order chi connectivity index (χ0) is 52.3. The van der Waals surface area contributed by atoms with Gasteiger partial charge in [0.15, 0.2) is 18.7 Å². The van der Waals surface area contributed by atoms with Crippen LogP contribution in [-0.2, 0) is 105 Å². The molecule has 4 rings (SSSR count). The molecular formula is C46H72O22. The molecule has 0 aliphatic carbocycles. The summed E-state index contributed by atoms with van der Waals surface area (Å²) in [6, 6.07) is 0. The van der Waals surface area contributed by atoms with Crippen LogP contribution in [0.3, 0.4) is 0 Å². The molecule has 4 aliphatic heterocycles. The van der Waals surface area contributed by atoms with Gasteiger partial charge >= 0.3 is 48.1 Å². The first-order valence-electron chi connectivity index (χ1n) is 22.5. The zero-order valence-corrected chi connectivity index (χ0v) is 41.9. The van der Waals surface area contributed by atoms with E-state index in [0.29, 0.717) is 0 Å². The number of hydrogen-bond donors (Lipinski definition) is 0. The van der Waals surface area contributed by atoms with Gasteiger partial charge in [0.05, 0.1) is 24.4 Å². The Morgan fingerprint density at radius 2 is 0.676 bits per heavy atom. The molecule has 0 radical (unpaired) electrons. The summed E-state index contributed by atoms with van der Waals surface area (Å²) in [5, 5.41) is 0. The van der Waals surface area contributed by atoms with Crippen molar-refractivity contribution in [2.75, 3.05) is 13.2 Å². The molecule has 68 heavy (non-hydrogen) atoms. The van der Waals surface area contributed by atoms with Crippen LogP contribution in [-0.4, -0.2) is 135 Å². The van der Waals surface area contributed by atoms with E-state index in [4.69, 9.17) is 76.0 Å². The van der Waals surface area contributed by atoms with Crippen LogP contribution in [0.4, 0.5) is 0 Å². The van der Waals surface area contributed by atoms with Crippen LogP contribution < -0.4 is 0 Å². The molecule has 0 aromatic rings. The van der Waals surface area contributed by atoms with Crippen molar-refractivity contribution >= 4 is 48.1 Å². The molecule has 0 spiro atoms. The molecule has 388 valence electrons. The lowest BCUT2D eigenvalue weighted by Gasteiger charge is -2.48. The molecule has 4 heterocycles. The molecule has 0 aromatic carbocycles. The fraction of sp³-hybridized carbons (Fsp3) is 0.826. The van der Waals surface area contributed by atoms with Gasteiger partial charge in [0, 0.05) is 71.1 Å². The highest BCUT2D eigenvalue weighted by molar-refractivity contribution is 5.67. The van der Waals surface area contributed by atoms with Crippen molar-refractivity contribution < 1.29 is 105 Å². The summed E-state index contributed by atoms with van der Waals surface area (Å²) in [6.45, 7) is 27.4. The molecule has 0 aromatic heterocycles. The minimum absolute atomic E-state index is 0.00268. The highest BCUT2D eigenvalue weighted by Crippen LogP contribution is 2.41. The van der Waals surface area contributed by atoms with Crippen LogP contribution in [0.15, 0.2) is 0 Å². The fourth-order valence-electron chi connectivity index (χ4n) is 8.29. The van der Waals surface area contributed by atoms with Crippen LogP contribution in [0.1, 0.15) is 111 Å². The van der Waals surface area contributed by atoms with E-state index in [9.17, 15) is 28.8 Å². The van der Waals surface area contributed by atoms with Gasteiger partial charge < -0.3 is 56.8 Å². The summed E-state index contributed by atoms with van der Waals surface area (Å²) < 4.78 is 69.0. The Kier molecular flexibility index (Phi) is 26.5. The van der Waals surface area contributed by atoms with E-state index < -0.39 is 85.5 Å². The smallest absolute Gasteiger partial charge is 0.373 e. The summed E-state index contributed by atoms with van der Waals surface area (Å²) in [5.74, 6) is -3.22. The van der Waals surface area contributed by atoms with Crippen LogP contribution in [0.2, 0.25) is 0 Å². The third kappa shape index (κ3) is 18.7. The summed E-state index contributed by atoms with van der Waals surface area (Å²) in [6.07, 6.45) is -6.15. The average Bonchev–Trinajstić information content (AvgIpc) is 3.23. The van der Waals surface area contributed by atoms with Gasteiger partial charge in [-0.15, -0.1) is 0 Å². The second-order valence-electron chi connectivity index (χ2n) is 17.7. The Hall–Kier alpha value is -4.66. The normalized spacial score (nSPS) is 37.3. The van der Waals surface area contributed by atoms with E-state index in [0.717, 1.165) is 0 Å². The van der Waals surface area contributed by atoms with E-state index in [2.05, 4.69) is 0 Å². The molecule has 22 heteroatoms. The minimum Gasteiger partial charge on any atom is -0.463 e. The molecule has 0 amide bonds. The van der Waals surface area contributed by atoms with Crippen molar-refractivity contribution in [3.05, 3.63) is 0 Å². The number of carbonyl (C=O) groups excluding carboxylic acids is 10. The molecule has 4 saturated heterocycles. The van der Waals surface area contributed by atoms with Crippen LogP contribution in [0.5, 0.6) is 0 Å². The molecule has 8 unspecified atom stereocenters. The monoisotopic (exact) mass is 976 g/mol. The second kappa shape index (κ2) is 29.4. The Morgan fingerprint density at radius 1 is 0.353 bits per heavy atom. The number of carbonyl (C=O) groups is 6. The van der Waals surface area contributed by atoms with Crippen LogP contribution in [0.25, 0.3) is 0 Å². The number of esters is 6. The third-order valence-electron chi connectivity index (χ3n) is 12.8. The predicted molar refractivity (Wildman–Crippen MR) is 227 cm³/mol. The van der Waals surface area contributed by atoms with Gasteiger partial charge in [-0.2, -0.15) is 19.2 Å². The summed E-state index contributed by atoms with van der Waals surface area (Å²) in [5.41, 5.74) is 0. The quantitative estimate of drug-likeness (QED) is 0.199. The van der Waals surface area contributed by atoms with Gasteiger partial charge in [0.25, 0.3) is 0 Å². The number of ether oxygens (including phenoxy) is 12. The predicted octanol–water partition coefficient (Wildman–Crippen LogP) is 3.72. The lowest BCUT2D eigenvalue weighted by Crippen LogP contribution is -2.58. The van der Waals surface area contributed by atoms with Crippen molar-refractivity contribution in [2.45, 2.75) is 185 Å². The first kappa shape index (κ1) is 61.4. The number of hydrogen-bond acceptors (Lipinski definition) is 22. The molecule has 20 atom stereocenters. The topological polar surface area (TPSA) is 281 Å². The van der Waals surface area contributed by atoms with Crippen molar-refractivity contribution in [1.82, 2.24) is 0 Å². The molecular weight excluding hydrogens is 904 g/mol. The summed E-state index contributed by atoms with van der Waals surface area (Å²) >= 11 is 0. The summed E-state index contributed by atoms with van der Waals surface area (Å²) in [7, 11) is 0. The Labute approximate surface area is 397 Å². The van der Waals surface area contributed by atoms with E-state index in [-0.39, 0.29) is 97.1 Å². The Balaban J connectivity index is 0.000000609. The third-order valence-corrected chi connectivity index (χ3v) is 12.8. The molecule has 22 nitrogen and oxygen atoms in total. The van der Waals surface area contributed by atoms with Gasteiger partial charge in [0.1, 0.15) is 31.5 Å². The van der Waals surface area contributed by atoms with Crippen molar-refractivity contribution in [3.8, 4) is 0 Å². The summed E-state index contributed by atoms with van der Waals surface area (Å²) in [4.78, 5) is 102. The first-order chi connectivity index (χ1) is 31.7. The average molecular weight is 977 g/mol. The second-order valence-corrected chi connectivity index (χ2v) is 17.7. The standard InChI is InChI=1S/2C22H36O9.2CO2/c1-10-11(2)21(29-17(8)25)30-18(9-26-15(6)23)20(10)31-22-13(4)19(28-16(7)24)12(3)14(5)27-22;1-10-11(2)20(28-16(7)24)22(27-14(10)5)31-19-12(3)13(4)21(29-17(8)25)30-18(19)9-26-15(6)23;2*2-1-3/h2*10-14,18-22H,9H2,1-8H3;;/t10-,11?,12-,13?,14?,18?,19-,20+,21+,22+;10-,11-,12+,13?,14?,18?,19-,20?,21-,22-;;/m10../s1. The first-order valence-corrected chi connectivity index (χ1v) is 22.5. The van der Waals surface area contributed by atoms with Crippen molar-refractivity contribution in [1.29, 1.82) is 0 Å². The molecule has 4 aliphatic rings. The van der Waals surface area contributed by atoms with Gasteiger partial charge in [-0.3, -0.25) is 28.8 Å². The Bertz CT molecular complexity index is 1700. The van der Waals surface area contributed by atoms with Gasteiger partial charge in [-0.05, 0) is 31.6 Å². The lowest BCUT2D eigenvalue weighted by molar-refractivity contribution is -0.330. The largest absolute Gasteiger partial charge is 0.463 e.